The van der Waals surface area contributed by atoms with Crippen molar-refractivity contribution < 1.29 is 9.21 Å². The fraction of sp³-hybridized carbons (Fsp3) is 0.526. The molecule has 134 valence electrons. The van der Waals surface area contributed by atoms with Crippen LogP contribution in [0.25, 0.3) is 0 Å². The Bertz CT molecular complexity index is 751. The summed E-state index contributed by atoms with van der Waals surface area (Å²) < 4.78 is 5.87. The first-order valence-corrected chi connectivity index (χ1v) is 9.07. The van der Waals surface area contributed by atoms with E-state index in [1.807, 2.05) is 17.0 Å². The number of carbonyl (C=O) groups is 1. The SMILES string of the molecule is CC(C)(C)Cc1nnc(C2CCCN(C(=O)c3ccccc3Cl)C2)o1. The molecule has 0 radical (unpaired) electrons. The minimum Gasteiger partial charge on any atom is -0.425 e. The van der Waals surface area contributed by atoms with Gasteiger partial charge < -0.3 is 9.32 Å². The van der Waals surface area contributed by atoms with Crippen molar-refractivity contribution in [2.75, 3.05) is 13.1 Å². The van der Waals surface area contributed by atoms with Crippen molar-refractivity contribution in [3.8, 4) is 0 Å². The molecule has 0 spiro atoms. The Morgan fingerprint density at radius 2 is 2.08 bits per heavy atom. The highest BCUT2D eigenvalue weighted by atomic mass is 35.5. The normalized spacial score (nSPS) is 18.4. The average Bonchev–Trinajstić information content (AvgIpc) is 3.01. The van der Waals surface area contributed by atoms with Crippen LogP contribution in [0.1, 0.15) is 61.7 Å². The highest BCUT2D eigenvalue weighted by Gasteiger charge is 2.30. The highest BCUT2D eigenvalue weighted by molar-refractivity contribution is 6.33. The topological polar surface area (TPSA) is 59.2 Å². The number of hydrogen-bond acceptors (Lipinski definition) is 4. The van der Waals surface area contributed by atoms with E-state index in [-0.39, 0.29) is 17.2 Å². The lowest BCUT2D eigenvalue weighted by molar-refractivity contribution is 0.0698. The van der Waals surface area contributed by atoms with Crippen LogP contribution in [0.15, 0.2) is 28.7 Å². The molecule has 3 rings (SSSR count). The molecular weight excluding hydrogens is 338 g/mol. The third-order valence-electron chi connectivity index (χ3n) is 4.33. The van der Waals surface area contributed by atoms with Gasteiger partial charge in [-0.05, 0) is 30.4 Å². The second kappa shape index (κ2) is 7.16. The molecule has 2 heterocycles. The second-order valence-electron chi connectivity index (χ2n) is 7.84. The number of halogens is 1. The average molecular weight is 362 g/mol. The summed E-state index contributed by atoms with van der Waals surface area (Å²) in [5.74, 6) is 1.35. The zero-order valence-electron chi connectivity index (χ0n) is 15.0. The number of carbonyl (C=O) groups excluding carboxylic acids is 1. The summed E-state index contributed by atoms with van der Waals surface area (Å²) in [6.45, 7) is 7.73. The largest absolute Gasteiger partial charge is 0.425 e. The standard InChI is InChI=1S/C19H24ClN3O2/c1-19(2,3)11-16-21-22-17(25-16)13-7-6-10-23(12-13)18(24)14-8-4-5-9-15(14)20/h4-5,8-9,13H,6-7,10-12H2,1-3H3. The van der Waals surface area contributed by atoms with Gasteiger partial charge in [0.15, 0.2) is 0 Å². The molecule has 1 saturated heterocycles. The smallest absolute Gasteiger partial charge is 0.255 e. The van der Waals surface area contributed by atoms with Crippen molar-refractivity contribution in [3.63, 3.8) is 0 Å². The quantitative estimate of drug-likeness (QED) is 0.816. The van der Waals surface area contributed by atoms with Gasteiger partial charge in [-0.15, -0.1) is 10.2 Å². The lowest BCUT2D eigenvalue weighted by Crippen LogP contribution is -2.39. The maximum Gasteiger partial charge on any atom is 0.255 e. The van der Waals surface area contributed by atoms with Gasteiger partial charge in [0.2, 0.25) is 11.8 Å². The summed E-state index contributed by atoms with van der Waals surface area (Å²) in [4.78, 5) is 14.6. The summed E-state index contributed by atoms with van der Waals surface area (Å²) in [5.41, 5.74) is 0.645. The minimum absolute atomic E-state index is 0.0373. The predicted molar refractivity (Wildman–Crippen MR) is 96.8 cm³/mol. The van der Waals surface area contributed by atoms with Gasteiger partial charge in [-0.1, -0.05) is 44.5 Å². The van der Waals surface area contributed by atoms with E-state index in [9.17, 15) is 4.79 Å². The van der Waals surface area contributed by atoms with E-state index >= 15 is 0 Å². The monoisotopic (exact) mass is 361 g/mol. The molecule has 1 aromatic heterocycles. The molecule has 5 nitrogen and oxygen atoms in total. The van der Waals surface area contributed by atoms with Crippen LogP contribution < -0.4 is 0 Å². The molecule has 1 aromatic carbocycles. The summed E-state index contributed by atoms with van der Waals surface area (Å²) in [7, 11) is 0. The van der Waals surface area contributed by atoms with Gasteiger partial charge in [0.25, 0.3) is 5.91 Å². The van der Waals surface area contributed by atoms with E-state index in [2.05, 4.69) is 31.0 Å². The van der Waals surface area contributed by atoms with Crippen LogP contribution in [-0.2, 0) is 6.42 Å². The maximum absolute atomic E-state index is 12.8. The molecule has 1 fully saturated rings. The zero-order valence-corrected chi connectivity index (χ0v) is 15.7. The molecule has 2 aromatic rings. The van der Waals surface area contributed by atoms with Crippen molar-refractivity contribution in [1.82, 2.24) is 15.1 Å². The molecule has 1 atom stereocenters. The fourth-order valence-corrected chi connectivity index (χ4v) is 3.34. The number of hydrogen-bond donors (Lipinski definition) is 0. The number of rotatable bonds is 3. The number of aromatic nitrogens is 2. The van der Waals surface area contributed by atoms with Gasteiger partial charge in [-0.3, -0.25) is 4.79 Å². The van der Waals surface area contributed by atoms with Crippen molar-refractivity contribution >= 4 is 17.5 Å². The lowest BCUT2D eigenvalue weighted by Gasteiger charge is -2.31. The van der Waals surface area contributed by atoms with Crippen LogP contribution in [0.4, 0.5) is 0 Å². The number of nitrogens with zero attached hydrogens (tertiary/aromatic N) is 3. The number of piperidine rings is 1. The lowest BCUT2D eigenvalue weighted by atomic mass is 9.92. The number of amides is 1. The van der Waals surface area contributed by atoms with E-state index in [4.69, 9.17) is 16.0 Å². The van der Waals surface area contributed by atoms with Crippen LogP contribution in [0.3, 0.4) is 0 Å². The van der Waals surface area contributed by atoms with Crippen molar-refractivity contribution in [3.05, 3.63) is 46.6 Å². The first-order valence-electron chi connectivity index (χ1n) is 8.69. The molecule has 1 aliphatic rings. The van der Waals surface area contributed by atoms with E-state index in [1.165, 1.54) is 0 Å². The minimum atomic E-state index is -0.0373. The van der Waals surface area contributed by atoms with Crippen molar-refractivity contribution in [1.29, 1.82) is 0 Å². The van der Waals surface area contributed by atoms with Crippen molar-refractivity contribution in [2.24, 2.45) is 5.41 Å². The molecule has 6 heteroatoms. The molecule has 1 unspecified atom stereocenters. The van der Waals surface area contributed by atoms with Crippen LogP contribution in [0.2, 0.25) is 5.02 Å². The Kier molecular flexibility index (Phi) is 5.13. The summed E-state index contributed by atoms with van der Waals surface area (Å²) >= 11 is 6.17. The fourth-order valence-electron chi connectivity index (χ4n) is 3.12. The number of benzene rings is 1. The summed E-state index contributed by atoms with van der Waals surface area (Å²) in [5, 5.41) is 8.89. The van der Waals surface area contributed by atoms with Crippen LogP contribution in [0, 0.1) is 5.41 Å². The first kappa shape index (κ1) is 17.9. The zero-order chi connectivity index (χ0) is 18.0. The van der Waals surface area contributed by atoms with Gasteiger partial charge in [-0.2, -0.15) is 0 Å². The molecule has 0 N–H and O–H groups in total. The Balaban J connectivity index is 1.71. The molecule has 25 heavy (non-hydrogen) atoms. The van der Waals surface area contributed by atoms with E-state index in [0.29, 0.717) is 28.9 Å². The Hall–Kier alpha value is -1.88. The van der Waals surface area contributed by atoms with E-state index in [0.717, 1.165) is 25.8 Å². The Labute approximate surface area is 153 Å². The van der Waals surface area contributed by atoms with Gasteiger partial charge in [-0.25, -0.2) is 0 Å². The third kappa shape index (κ3) is 4.40. The first-order chi connectivity index (χ1) is 11.8. The summed E-state index contributed by atoms with van der Waals surface area (Å²) in [6, 6.07) is 7.17. The Morgan fingerprint density at radius 1 is 1.32 bits per heavy atom. The van der Waals surface area contributed by atoms with Gasteiger partial charge in [0.1, 0.15) is 0 Å². The molecular formula is C19H24ClN3O2. The molecule has 0 aliphatic carbocycles. The van der Waals surface area contributed by atoms with Gasteiger partial charge in [0, 0.05) is 19.5 Å². The second-order valence-corrected chi connectivity index (χ2v) is 8.25. The Morgan fingerprint density at radius 3 is 2.80 bits per heavy atom. The predicted octanol–water partition coefficient (Wildman–Crippen LogP) is 4.33. The van der Waals surface area contributed by atoms with Crippen LogP contribution >= 0.6 is 11.6 Å². The van der Waals surface area contributed by atoms with E-state index in [1.54, 1.807) is 12.1 Å². The van der Waals surface area contributed by atoms with E-state index < -0.39 is 0 Å². The number of likely N-dealkylation sites (tertiary alicyclic amines) is 1. The van der Waals surface area contributed by atoms with Crippen LogP contribution in [-0.4, -0.2) is 34.1 Å². The third-order valence-corrected chi connectivity index (χ3v) is 4.66. The molecule has 0 bridgehead atoms. The van der Waals surface area contributed by atoms with Gasteiger partial charge in [0.05, 0.1) is 16.5 Å². The van der Waals surface area contributed by atoms with Gasteiger partial charge >= 0.3 is 0 Å². The van der Waals surface area contributed by atoms with Crippen LogP contribution in [0.5, 0.6) is 0 Å². The molecule has 1 amide bonds. The molecule has 0 saturated carbocycles. The van der Waals surface area contributed by atoms with Crippen molar-refractivity contribution in [2.45, 2.75) is 46.0 Å². The highest BCUT2D eigenvalue weighted by Crippen LogP contribution is 2.29. The summed E-state index contributed by atoms with van der Waals surface area (Å²) in [6.07, 6.45) is 2.61. The maximum atomic E-state index is 12.8. The molecule has 1 aliphatic heterocycles.